The molecular weight excluding hydrogens is 386 g/mol. The molecule has 0 saturated heterocycles. The first-order valence-corrected chi connectivity index (χ1v) is 14.0. The maximum Gasteiger partial charge on any atom is 0.0379 e. The number of aliphatic imine (C=N–C) groups is 1. The van der Waals surface area contributed by atoms with E-state index in [9.17, 15) is 0 Å². The minimum Gasteiger partial charge on any atom is -0.301 e. The van der Waals surface area contributed by atoms with Gasteiger partial charge in [-0.1, -0.05) is 91.7 Å². The van der Waals surface area contributed by atoms with Gasteiger partial charge in [0.2, 0.25) is 0 Å². The van der Waals surface area contributed by atoms with Crippen molar-refractivity contribution in [2.75, 3.05) is 6.54 Å². The van der Waals surface area contributed by atoms with Crippen molar-refractivity contribution in [2.24, 2.45) is 46.4 Å². The van der Waals surface area contributed by atoms with Crippen molar-refractivity contribution in [3.8, 4) is 0 Å². The highest BCUT2D eigenvalue weighted by atomic mass is 14.7. The summed E-state index contributed by atoms with van der Waals surface area (Å²) < 4.78 is 0. The van der Waals surface area contributed by atoms with Crippen molar-refractivity contribution in [3.05, 3.63) is 36.5 Å². The first kappa shape index (κ1) is 30.9. The van der Waals surface area contributed by atoms with Gasteiger partial charge in [0.05, 0.1) is 0 Å². The zero-order valence-electron chi connectivity index (χ0n) is 23.1. The second kappa shape index (κ2) is 18.3. The molecule has 1 heteroatoms. The molecule has 0 aromatic heterocycles. The quantitative estimate of drug-likeness (QED) is 0.286. The van der Waals surface area contributed by atoms with Crippen LogP contribution in [0.15, 0.2) is 41.4 Å². The van der Waals surface area contributed by atoms with E-state index in [1.165, 1.54) is 44.9 Å². The first-order chi connectivity index (χ1) is 15.5. The van der Waals surface area contributed by atoms with Crippen molar-refractivity contribution in [1.29, 1.82) is 0 Å². The lowest BCUT2D eigenvalue weighted by Crippen LogP contribution is -2.27. The Bertz CT molecular complexity index is 543. The Balaban J connectivity index is 0.000000928. The van der Waals surface area contributed by atoms with E-state index in [1.807, 2.05) is 33.3 Å². The van der Waals surface area contributed by atoms with Gasteiger partial charge < -0.3 is 4.99 Å². The van der Waals surface area contributed by atoms with E-state index >= 15 is 0 Å². The Hall–Kier alpha value is -1.11. The second-order valence-electron chi connectivity index (χ2n) is 9.58. The molecule has 3 aliphatic rings. The molecule has 1 saturated carbocycles. The molecular formula is C31H57N. The van der Waals surface area contributed by atoms with Gasteiger partial charge in [-0.25, -0.2) is 0 Å². The third-order valence-electron chi connectivity index (χ3n) is 7.70. The molecule has 0 amide bonds. The molecule has 7 atom stereocenters. The molecule has 0 aromatic carbocycles. The predicted molar refractivity (Wildman–Crippen MR) is 149 cm³/mol. The molecule has 3 rings (SSSR count). The minimum atomic E-state index is 0.761. The maximum absolute atomic E-state index is 4.07. The summed E-state index contributed by atoms with van der Waals surface area (Å²) in [4.78, 5) is 3.60. The van der Waals surface area contributed by atoms with Crippen LogP contribution in [0, 0.1) is 41.4 Å². The Labute approximate surface area is 203 Å². The number of rotatable bonds is 6. The molecule has 0 aromatic rings. The normalized spacial score (nSPS) is 33.2. The largest absolute Gasteiger partial charge is 0.301 e. The molecule has 7 unspecified atom stereocenters. The summed E-state index contributed by atoms with van der Waals surface area (Å²) in [6.45, 7) is 25.7. The highest BCUT2D eigenvalue weighted by molar-refractivity contribution is 5.23. The molecule has 1 fully saturated rings. The van der Waals surface area contributed by atoms with Gasteiger partial charge in [-0.05, 0) is 93.1 Å². The summed E-state index contributed by atoms with van der Waals surface area (Å²) in [5.74, 6) is 5.89. The van der Waals surface area contributed by atoms with Crippen LogP contribution >= 0.6 is 0 Å². The Morgan fingerprint density at radius 1 is 1.00 bits per heavy atom. The number of hydrogen-bond acceptors (Lipinski definition) is 1. The smallest absolute Gasteiger partial charge is 0.0379 e. The third kappa shape index (κ3) is 9.40. The van der Waals surface area contributed by atoms with Gasteiger partial charge >= 0.3 is 0 Å². The van der Waals surface area contributed by atoms with E-state index < -0.39 is 0 Å². The van der Waals surface area contributed by atoms with Gasteiger partial charge in [0.1, 0.15) is 0 Å². The van der Waals surface area contributed by atoms with Crippen LogP contribution in [-0.2, 0) is 0 Å². The summed E-state index contributed by atoms with van der Waals surface area (Å²) >= 11 is 0. The maximum atomic E-state index is 4.07. The van der Waals surface area contributed by atoms with Crippen LogP contribution in [0.1, 0.15) is 107 Å². The molecule has 0 bridgehead atoms. The minimum absolute atomic E-state index is 0.761. The van der Waals surface area contributed by atoms with Crippen molar-refractivity contribution in [2.45, 2.75) is 107 Å². The Morgan fingerprint density at radius 3 is 2.16 bits per heavy atom. The van der Waals surface area contributed by atoms with Crippen molar-refractivity contribution >= 4 is 6.72 Å². The molecule has 0 N–H and O–H groups in total. The topological polar surface area (TPSA) is 12.4 Å². The fourth-order valence-electron chi connectivity index (χ4n) is 5.86. The van der Waals surface area contributed by atoms with E-state index in [1.54, 1.807) is 0 Å². The number of nitrogens with zero attached hydrogens (tertiary/aromatic N) is 1. The summed E-state index contributed by atoms with van der Waals surface area (Å²) in [7, 11) is 0. The summed E-state index contributed by atoms with van der Waals surface area (Å²) in [5, 5.41) is 0. The third-order valence-corrected chi connectivity index (χ3v) is 7.70. The fourth-order valence-corrected chi connectivity index (χ4v) is 5.86. The molecule has 0 heterocycles. The lowest BCUT2D eigenvalue weighted by molar-refractivity contribution is 0.281. The zero-order chi connectivity index (χ0) is 24.5. The average Bonchev–Trinajstić information content (AvgIpc) is 3.23. The molecule has 0 aliphatic heterocycles. The predicted octanol–water partition coefficient (Wildman–Crippen LogP) is 9.95. The first-order valence-electron chi connectivity index (χ1n) is 14.0. The van der Waals surface area contributed by atoms with Crippen LogP contribution in [0.2, 0.25) is 0 Å². The van der Waals surface area contributed by atoms with Crippen molar-refractivity contribution in [3.63, 3.8) is 0 Å². The van der Waals surface area contributed by atoms with Crippen LogP contribution in [0.3, 0.4) is 0 Å². The van der Waals surface area contributed by atoms with E-state index in [2.05, 4.69) is 70.3 Å². The van der Waals surface area contributed by atoms with Crippen LogP contribution in [-0.4, -0.2) is 13.3 Å². The molecule has 0 spiro atoms. The van der Waals surface area contributed by atoms with Crippen LogP contribution in [0.4, 0.5) is 0 Å². The number of hydrogen-bond donors (Lipinski definition) is 0. The van der Waals surface area contributed by atoms with E-state index in [0.29, 0.717) is 0 Å². The van der Waals surface area contributed by atoms with E-state index in [4.69, 9.17) is 0 Å². The summed E-state index contributed by atoms with van der Waals surface area (Å²) in [6, 6.07) is 0. The lowest BCUT2D eigenvalue weighted by Gasteiger charge is -2.38. The van der Waals surface area contributed by atoms with Crippen LogP contribution < -0.4 is 0 Å². The van der Waals surface area contributed by atoms with Gasteiger partial charge in [0, 0.05) is 6.54 Å². The van der Waals surface area contributed by atoms with Gasteiger partial charge in [-0.3, -0.25) is 0 Å². The zero-order valence-corrected chi connectivity index (χ0v) is 23.1. The van der Waals surface area contributed by atoms with E-state index in [-0.39, 0.29) is 0 Å². The molecule has 186 valence electrons. The molecule has 0 radical (unpaired) electrons. The SMILES string of the molecule is C=CC1CC(C2C=C(C3CC=CCC3CC)C(C)CC2)CC1C.C=NCCC.CC.CC. The van der Waals surface area contributed by atoms with Gasteiger partial charge in [0.15, 0.2) is 0 Å². The van der Waals surface area contributed by atoms with Gasteiger partial charge in [-0.15, -0.1) is 6.58 Å². The molecule has 1 nitrogen and oxygen atoms in total. The van der Waals surface area contributed by atoms with Crippen LogP contribution in [0.25, 0.3) is 0 Å². The molecule has 32 heavy (non-hydrogen) atoms. The van der Waals surface area contributed by atoms with E-state index in [0.717, 1.165) is 54.4 Å². The summed E-state index contributed by atoms with van der Waals surface area (Å²) in [5.41, 5.74) is 1.83. The summed E-state index contributed by atoms with van der Waals surface area (Å²) in [6.07, 6.45) is 20.5. The second-order valence-corrected chi connectivity index (χ2v) is 9.58. The monoisotopic (exact) mass is 443 g/mol. The van der Waals surface area contributed by atoms with Gasteiger partial charge in [-0.2, -0.15) is 0 Å². The lowest BCUT2D eigenvalue weighted by atomic mass is 9.67. The Morgan fingerprint density at radius 2 is 1.66 bits per heavy atom. The highest BCUT2D eigenvalue weighted by Crippen LogP contribution is 2.48. The van der Waals surface area contributed by atoms with Crippen molar-refractivity contribution < 1.29 is 0 Å². The number of allylic oxidation sites excluding steroid dienone is 5. The average molecular weight is 444 g/mol. The van der Waals surface area contributed by atoms with Crippen LogP contribution in [0.5, 0.6) is 0 Å². The van der Waals surface area contributed by atoms with Gasteiger partial charge in [0.25, 0.3) is 0 Å². The highest BCUT2D eigenvalue weighted by Gasteiger charge is 2.37. The van der Waals surface area contributed by atoms with Crippen molar-refractivity contribution in [1.82, 2.24) is 0 Å². The fraction of sp³-hybridized carbons (Fsp3) is 0.774. The Kier molecular flexibility index (Phi) is 17.7. The molecule has 3 aliphatic carbocycles. The standard InChI is InChI=1S/C23H36.C4H9N.2C2H6/c1-5-18-9-7-8-10-22(18)23-15-20(12-11-16(23)3)21-13-17(4)19(6-2)14-21;1-3-4-5-2;2*1-2/h6-8,15-22H,2,5,9-14H2,1,3-4H3;2-4H2,1H3;2*1-2H3.